The van der Waals surface area contributed by atoms with Crippen molar-refractivity contribution in [2.75, 3.05) is 11.9 Å². The number of carbonyl (C=O) groups excluding carboxylic acids is 1. The van der Waals surface area contributed by atoms with Crippen molar-refractivity contribution in [3.63, 3.8) is 0 Å². The molecule has 7 nitrogen and oxygen atoms in total. The fraction of sp³-hybridized carbons (Fsp3) is 0.214. The number of amides is 1. The van der Waals surface area contributed by atoms with Crippen LogP contribution in [0.15, 0.2) is 79.1 Å². The fourth-order valence-corrected chi connectivity index (χ4v) is 3.91. The largest absolute Gasteiger partial charge is 0.309 e. The minimum Gasteiger partial charge on any atom is -0.309 e. The maximum Gasteiger partial charge on any atom is 0.247 e. The van der Waals surface area contributed by atoms with Crippen molar-refractivity contribution in [1.82, 2.24) is 20.1 Å². The monoisotopic (exact) mass is 464 g/mol. The van der Waals surface area contributed by atoms with Crippen LogP contribution in [0.2, 0.25) is 0 Å². The number of aryl methyl sites for hydroxylation is 1. The van der Waals surface area contributed by atoms with E-state index < -0.39 is 6.04 Å². The molecule has 0 bridgehead atoms. The molecule has 2 aromatic carbocycles. The number of benzene rings is 2. The van der Waals surface area contributed by atoms with E-state index >= 15 is 0 Å². The summed E-state index contributed by atoms with van der Waals surface area (Å²) in [6.07, 6.45) is 3.56. The van der Waals surface area contributed by atoms with Crippen molar-refractivity contribution < 1.29 is 4.79 Å². The average molecular weight is 465 g/mol. The third-order valence-corrected chi connectivity index (χ3v) is 6.19. The Morgan fingerprint density at radius 3 is 2.37 bits per heavy atom. The number of nitriles is 1. The lowest BCUT2D eigenvalue weighted by Gasteiger charge is -2.21. The Labute approximate surface area is 205 Å². The number of nitrogens with one attached hydrogen (secondary N) is 2. The van der Waals surface area contributed by atoms with E-state index in [1.54, 1.807) is 12.3 Å². The minimum absolute atomic E-state index is 0.155. The number of hydrogen-bond donors (Lipinski definition) is 2. The van der Waals surface area contributed by atoms with Crippen molar-refractivity contribution in [2.45, 2.75) is 25.8 Å². The smallest absolute Gasteiger partial charge is 0.247 e. The Bertz CT molecular complexity index is 1320. The normalized spacial score (nSPS) is 12.5. The third-order valence-electron chi connectivity index (χ3n) is 6.19. The SMILES string of the molecule is Cc1c(-c2ccc(NC(=O)[C@H](NC[C@@H](C)c3ccc(C#N)cc3)c3ccccc3)nc2)cnn1C. The van der Waals surface area contributed by atoms with Gasteiger partial charge in [-0.15, -0.1) is 0 Å². The van der Waals surface area contributed by atoms with Crippen LogP contribution < -0.4 is 10.6 Å². The van der Waals surface area contributed by atoms with Gasteiger partial charge in [-0.25, -0.2) is 4.98 Å². The summed E-state index contributed by atoms with van der Waals surface area (Å²) < 4.78 is 1.82. The predicted molar refractivity (Wildman–Crippen MR) is 137 cm³/mol. The summed E-state index contributed by atoms with van der Waals surface area (Å²) in [4.78, 5) is 17.8. The van der Waals surface area contributed by atoms with Gasteiger partial charge in [-0.2, -0.15) is 10.4 Å². The summed E-state index contributed by atoms with van der Waals surface area (Å²) in [5.74, 6) is 0.464. The highest BCUT2D eigenvalue weighted by molar-refractivity contribution is 5.95. The highest BCUT2D eigenvalue weighted by Crippen LogP contribution is 2.24. The van der Waals surface area contributed by atoms with E-state index in [2.05, 4.69) is 33.7 Å². The second-order valence-corrected chi connectivity index (χ2v) is 8.58. The molecule has 2 N–H and O–H groups in total. The van der Waals surface area contributed by atoms with Gasteiger partial charge < -0.3 is 10.6 Å². The number of hydrogen-bond acceptors (Lipinski definition) is 5. The molecule has 1 amide bonds. The molecule has 4 aromatic rings. The number of aromatic nitrogens is 3. The highest BCUT2D eigenvalue weighted by Gasteiger charge is 2.22. The lowest BCUT2D eigenvalue weighted by atomic mass is 9.98. The number of rotatable bonds is 8. The van der Waals surface area contributed by atoms with Crippen LogP contribution in [0, 0.1) is 18.3 Å². The summed E-state index contributed by atoms with van der Waals surface area (Å²) in [5, 5.41) is 19.7. The molecule has 2 heterocycles. The summed E-state index contributed by atoms with van der Waals surface area (Å²) in [5.41, 5.74) is 5.62. The first-order valence-corrected chi connectivity index (χ1v) is 11.5. The molecule has 0 aliphatic carbocycles. The van der Waals surface area contributed by atoms with Gasteiger partial charge in [0, 0.05) is 36.6 Å². The summed E-state index contributed by atoms with van der Waals surface area (Å²) in [7, 11) is 1.90. The lowest BCUT2D eigenvalue weighted by Crippen LogP contribution is -2.35. The van der Waals surface area contributed by atoms with Crippen molar-refractivity contribution in [3.8, 4) is 17.2 Å². The maximum absolute atomic E-state index is 13.3. The first kappa shape index (κ1) is 23.9. The van der Waals surface area contributed by atoms with Gasteiger partial charge in [-0.3, -0.25) is 9.48 Å². The quantitative estimate of drug-likeness (QED) is 0.393. The van der Waals surface area contributed by atoms with Crippen molar-refractivity contribution in [1.29, 1.82) is 5.26 Å². The maximum atomic E-state index is 13.3. The van der Waals surface area contributed by atoms with E-state index in [1.165, 1.54) is 0 Å². The zero-order chi connectivity index (χ0) is 24.8. The second-order valence-electron chi connectivity index (χ2n) is 8.58. The van der Waals surface area contributed by atoms with E-state index in [1.807, 2.05) is 85.5 Å². The molecule has 0 saturated heterocycles. The Morgan fingerprint density at radius 2 is 1.77 bits per heavy atom. The Hall–Kier alpha value is -4.28. The predicted octanol–water partition coefficient (Wildman–Crippen LogP) is 4.74. The zero-order valence-electron chi connectivity index (χ0n) is 20.1. The van der Waals surface area contributed by atoms with Gasteiger partial charge >= 0.3 is 0 Å². The number of pyridine rings is 1. The topological polar surface area (TPSA) is 95.6 Å². The van der Waals surface area contributed by atoms with Crippen molar-refractivity contribution in [2.24, 2.45) is 7.05 Å². The van der Waals surface area contributed by atoms with Crippen molar-refractivity contribution >= 4 is 11.7 Å². The van der Waals surface area contributed by atoms with E-state index in [-0.39, 0.29) is 11.8 Å². The molecular formula is C28H28N6O. The molecule has 0 spiro atoms. The van der Waals surface area contributed by atoms with Crippen molar-refractivity contribution in [3.05, 3.63) is 102 Å². The molecule has 2 aromatic heterocycles. The standard InChI is InChI=1S/C28H28N6O/c1-19(22-11-9-21(15-29)10-12-22)16-31-27(23-7-5-4-6-8-23)28(35)33-26-14-13-24(17-30-26)25-18-32-34(3)20(25)2/h4-14,17-19,27,31H,16H2,1-3H3,(H,30,33,35)/t19-,27-/m1/s1. The van der Waals surface area contributed by atoms with E-state index in [4.69, 9.17) is 5.26 Å². The molecule has 2 atom stereocenters. The second kappa shape index (κ2) is 10.8. The molecule has 176 valence electrons. The van der Waals surface area contributed by atoms with Crippen LogP contribution in [0.3, 0.4) is 0 Å². The van der Waals surface area contributed by atoms with Crippen LogP contribution in [0.4, 0.5) is 5.82 Å². The van der Waals surface area contributed by atoms with Crippen LogP contribution in [0.5, 0.6) is 0 Å². The third kappa shape index (κ3) is 5.62. The van der Waals surface area contributed by atoms with Crippen LogP contribution in [0.25, 0.3) is 11.1 Å². The van der Waals surface area contributed by atoms with Crippen LogP contribution in [-0.2, 0) is 11.8 Å². The first-order chi connectivity index (χ1) is 17.0. The number of carbonyl (C=O) groups is 1. The average Bonchev–Trinajstić information content (AvgIpc) is 3.23. The van der Waals surface area contributed by atoms with Gasteiger partial charge in [-0.1, -0.05) is 49.4 Å². The Kier molecular flexibility index (Phi) is 7.34. The van der Waals surface area contributed by atoms with Gasteiger partial charge in [0.1, 0.15) is 11.9 Å². The Balaban J connectivity index is 1.47. The first-order valence-electron chi connectivity index (χ1n) is 11.5. The van der Waals surface area contributed by atoms with Gasteiger partial charge in [0.05, 0.1) is 17.8 Å². The summed E-state index contributed by atoms with van der Waals surface area (Å²) >= 11 is 0. The molecule has 0 aliphatic rings. The highest BCUT2D eigenvalue weighted by atomic mass is 16.2. The van der Waals surface area contributed by atoms with Gasteiger partial charge in [-0.05, 0) is 48.2 Å². The molecule has 0 unspecified atom stereocenters. The molecular weight excluding hydrogens is 436 g/mol. The zero-order valence-corrected chi connectivity index (χ0v) is 20.1. The number of nitrogens with zero attached hydrogens (tertiary/aromatic N) is 4. The molecule has 7 heteroatoms. The number of anilines is 1. The lowest BCUT2D eigenvalue weighted by molar-refractivity contribution is -0.118. The molecule has 0 fully saturated rings. The molecule has 0 saturated carbocycles. The van der Waals surface area contributed by atoms with Gasteiger partial charge in [0.2, 0.25) is 5.91 Å². The minimum atomic E-state index is -0.543. The van der Waals surface area contributed by atoms with E-state index in [0.29, 0.717) is 17.9 Å². The Morgan fingerprint density at radius 1 is 1.03 bits per heavy atom. The summed E-state index contributed by atoms with van der Waals surface area (Å²) in [6.45, 7) is 4.69. The van der Waals surface area contributed by atoms with Gasteiger partial charge in [0.25, 0.3) is 0 Å². The van der Waals surface area contributed by atoms with Crippen LogP contribution >= 0.6 is 0 Å². The molecule has 4 rings (SSSR count). The van der Waals surface area contributed by atoms with Crippen LogP contribution in [0.1, 0.15) is 41.3 Å². The molecule has 35 heavy (non-hydrogen) atoms. The van der Waals surface area contributed by atoms with E-state index in [0.717, 1.165) is 27.9 Å². The molecule has 0 radical (unpaired) electrons. The van der Waals surface area contributed by atoms with E-state index in [9.17, 15) is 4.79 Å². The van der Waals surface area contributed by atoms with Gasteiger partial charge in [0.15, 0.2) is 0 Å². The molecule has 0 aliphatic heterocycles. The fourth-order valence-electron chi connectivity index (χ4n) is 3.91. The van der Waals surface area contributed by atoms with Crippen LogP contribution in [-0.4, -0.2) is 27.2 Å². The summed E-state index contributed by atoms with van der Waals surface area (Å²) in [6, 6.07) is 22.5.